The molecule has 1 saturated heterocycles. The predicted molar refractivity (Wildman–Crippen MR) is 65.0 cm³/mol. The number of hydrogen-bond acceptors (Lipinski definition) is 2. The average Bonchev–Trinajstić information content (AvgIpc) is 2.94. The first-order valence-corrected chi connectivity index (χ1v) is 6.68. The second-order valence-corrected chi connectivity index (χ2v) is 5.65. The minimum absolute atomic E-state index is 0.766. The largest absolute Gasteiger partial charge is 0.313 e. The molecule has 2 rings (SSSR count). The third kappa shape index (κ3) is 2.94. The Morgan fingerprint density at radius 1 is 1.33 bits per heavy atom. The molecule has 1 saturated carbocycles. The Hall–Kier alpha value is -0.0800. The number of hydrogen-bond donors (Lipinski definition) is 1. The fraction of sp³-hybridized carbons (Fsp3) is 1.00. The highest BCUT2D eigenvalue weighted by molar-refractivity contribution is 4.91. The molecule has 1 N–H and O–H groups in total. The molecule has 15 heavy (non-hydrogen) atoms. The molecular formula is C13H26N2. The van der Waals surface area contributed by atoms with Gasteiger partial charge < -0.3 is 5.32 Å². The zero-order valence-electron chi connectivity index (χ0n) is 10.5. The van der Waals surface area contributed by atoms with Crippen LogP contribution in [-0.2, 0) is 0 Å². The summed E-state index contributed by atoms with van der Waals surface area (Å²) in [6.45, 7) is 10.7. The van der Waals surface area contributed by atoms with Crippen LogP contribution in [0.15, 0.2) is 0 Å². The minimum Gasteiger partial charge on any atom is -0.313 e. The van der Waals surface area contributed by atoms with Crippen LogP contribution in [0.5, 0.6) is 0 Å². The fourth-order valence-electron chi connectivity index (χ4n) is 3.03. The van der Waals surface area contributed by atoms with E-state index in [9.17, 15) is 0 Å². The molecule has 2 aliphatic rings. The number of rotatable bonds is 5. The molecule has 0 aromatic carbocycles. The molecule has 1 aliphatic heterocycles. The van der Waals surface area contributed by atoms with E-state index in [1.54, 1.807) is 0 Å². The minimum atomic E-state index is 0.766. The summed E-state index contributed by atoms with van der Waals surface area (Å²) in [5.74, 6) is 1.88. The summed E-state index contributed by atoms with van der Waals surface area (Å²) < 4.78 is 0. The van der Waals surface area contributed by atoms with Gasteiger partial charge in [-0.25, -0.2) is 0 Å². The van der Waals surface area contributed by atoms with Crippen molar-refractivity contribution >= 4 is 0 Å². The van der Waals surface area contributed by atoms with Crippen LogP contribution < -0.4 is 5.32 Å². The van der Waals surface area contributed by atoms with Crippen molar-refractivity contribution in [1.29, 1.82) is 0 Å². The summed E-state index contributed by atoms with van der Waals surface area (Å²) in [5.41, 5.74) is 0. The lowest BCUT2D eigenvalue weighted by Gasteiger charge is -2.27. The first kappa shape index (κ1) is 11.4. The highest BCUT2D eigenvalue weighted by Gasteiger charge is 2.34. The molecule has 2 heteroatoms. The molecule has 0 bridgehead atoms. The quantitative estimate of drug-likeness (QED) is 0.747. The summed E-state index contributed by atoms with van der Waals surface area (Å²) >= 11 is 0. The topological polar surface area (TPSA) is 15.3 Å². The molecule has 1 heterocycles. The van der Waals surface area contributed by atoms with E-state index in [0.29, 0.717) is 0 Å². The van der Waals surface area contributed by atoms with E-state index in [-0.39, 0.29) is 0 Å². The monoisotopic (exact) mass is 210 g/mol. The number of likely N-dealkylation sites (tertiary alicyclic amines) is 1. The van der Waals surface area contributed by atoms with Crippen molar-refractivity contribution in [2.24, 2.45) is 11.8 Å². The van der Waals surface area contributed by atoms with Crippen molar-refractivity contribution in [2.45, 2.75) is 52.1 Å². The van der Waals surface area contributed by atoms with Gasteiger partial charge in [0.2, 0.25) is 0 Å². The smallest absolute Gasteiger partial charge is 0.0223 e. The fourth-order valence-corrected chi connectivity index (χ4v) is 3.03. The van der Waals surface area contributed by atoms with Crippen LogP contribution in [0, 0.1) is 11.8 Å². The summed E-state index contributed by atoms with van der Waals surface area (Å²) in [7, 11) is 0. The Labute approximate surface area is 94.4 Å². The van der Waals surface area contributed by atoms with E-state index in [1.165, 1.54) is 32.4 Å². The number of likely N-dealkylation sites (N-methyl/N-ethyl adjacent to an activating group) is 1. The Morgan fingerprint density at radius 2 is 2.07 bits per heavy atom. The normalized spacial score (nSPS) is 34.6. The summed E-state index contributed by atoms with van der Waals surface area (Å²) in [4.78, 5) is 2.69. The predicted octanol–water partition coefficient (Wildman–Crippen LogP) is 2.10. The van der Waals surface area contributed by atoms with E-state index in [1.807, 2.05) is 0 Å². The van der Waals surface area contributed by atoms with Gasteiger partial charge in [-0.3, -0.25) is 4.90 Å². The standard InChI is InChI=1S/C13H26N2/c1-4-14-13(12-5-6-12)9-15-8-10(2)7-11(15)3/h10-14H,4-9H2,1-3H3. The summed E-state index contributed by atoms with van der Waals surface area (Å²) in [6.07, 6.45) is 4.30. The van der Waals surface area contributed by atoms with E-state index in [4.69, 9.17) is 0 Å². The van der Waals surface area contributed by atoms with Crippen LogP contribution >= 0.6 is 0 Å². The van der Waals surface area contributed by atoms with Crippen molar-refractivity contribution < 1.29 is 0 Å². The van der Waals surface area contributed by atoms with E-state index >= 15 is 0 Å². The second kappa shape index (κ2) is 4.84. The van der Waals surface area contributed by atoms with Gasteiger partial charge in [0, 0.05) is 25.2 Å². The van der Waals surface area contributed by atoms with Crippen LogP contribution in [-0.4, -0.2) is 36.6 Å². The SMILES string of the molecule is CCNC(CN1CC(C)CC1C)C1CC1. The van der Waals surface area contributed by atoms with Gasteiger partial charge in [0.1, 0.15) is 0 Å². The second-order valence-electron chi connectivity index (χ2n) is 5.65. The first-order chi connectivity index (χ1) is 7.20. The molecule has 2 nitrogen and oxygen atoms in total. The molecule has 2 fully saturated rings. The molecule has 0 aromatic heterocycles. The van der Waals surface area contributed by atoms with Crippen LogP contribution in [0.3, 0.4) is 0 Å². The molecule has 0 radical (unpaired) electrons. The van der Waals surface area contributed by atoms with Gasteiger partial charge in [0.15, 0.2) is 0 Å². The van der Waals surface area contributed by atoms with Gasteiger partial charge in [0.25, 0.3) is 0 Å². The van der Waals surface area contributed by atoms with Crippen LogP contribution in [0.4, 0.5) is 0 Å². The van der Waals surface area contributed by atoms with Crippen LogP contribution in [0.25, 0.3) is 0 Å². The zero-order chi connectivity index (χ0) is 10.8. The highest BCUT2D eigenvalue weighted by Crippen LogP contribution is 2.34. The lowest BCUT2D eigenvalue weighted by molar-refractivity contribution is 0.224. The summed E-state index contributed by atoms with van der Waals surface area (Å²) in [5, 5.41) is 3.67. The molecular weight excluding hydrogens is 184 g/mol. The zero-order valence-corrected chi connectivity index (χ0v) is 10.5. The Morgan fingerprint density at radius 3 is 2.53 bits per heavy atom. The van der Waals surface area contributed by atoms with E-state index in [0.717, 1.165) is 30.5 Å². The molecule has 0 amide bonds. The maximum atomic E-state index is 3.67. The van der Waals surface area contributed by atoms with Crippen molar-refractivity contribution in [1.82, 2.24) is 10.2 Å². The molecule has 1 aliphatic carbocycles. The van der Waals surface area contributed by atoms with Gasteiger partial charge >= 0.3 is 0 Å². The molecule has 88 valence electrons. The van der Waals surface area contributed by atoms with Gasteiger partial charge in [-0.1, -0.05) is 13.8 Å². The van der Waals surface area contributed by atoms with Gasteiger partial charge in [-0.05, 0) is 44.6 Å². The average molecular weight is 210 g/mol. The highest BCUT2D eigenvalue weighted by atomic mass is 15.2. The van der Waals surface area contributed by atoms with E-state index < -0.39 is 0 Å². The number of nitrogens with zero attached hydrogens (tertiary/aromatic N) is 1. The molecule has 3 atom stereocenters. The van der Waals surface area contributed by atoms with E-state index in [2.05, 4.69) is 31.0 Å². The Balaban J connectivity index is 1.82. The van der Waals surface area contributed by atoms with Crippen molar-refractivity contribution in [3.8, 4) is 0 Å². The summed E-state index contributed by atoms with van der Waals surface area (Å²) in [6, 6.07) is 1.57. The van der Waals surface area contributed by atoms with Gasteiger partial charge in [-0.15, -0.1) is 0 Å². The van der Waals surface area contributed by atoms with Gasteiger partial charge in [0.05, 0.1) is 0 Å². The van der Waals surface area contributed by atoms with Gasteiger partial charge in [-0.2, -0.15) is 0 Å². The van der Waals surface area contributed by atoms with Crippen molar-refractivity contribution in [3.05, 3.63) is 0 Å². The molecule has 3 unspecified atom stereocenters. The maximum absolute atomic E-state index is 3.67. The lowest BCUT2D eigenvalue weighted by Crippen LogP contribution is -2.43. The third-order valence-corrected chi connectivity index (χ3v) is 4.00. The lowest BCUT2D eigenvalue weighted by atomic mass is 10.1. The maximum Gasteiger partial charge on any atom is 0.0223 e. The van der Waals surface area contributed by atoms with Crippen LogP contribution in [0.2, 0.25) is 0 Å². The number of nitrogens with one attached hydrogen (secondary N) is 1. The molecule has 0 spiro atoms. The Kier molecular flexibility index (Phi) is 3.68. The molecule has 0 aromatic rings. The van der Waals surface area contributed by atoms with Crippen molar-refractivity contribution in [3.63, 3.8) is 0 Å². The van der Waals surface area contributed by atoms with Crippen molar-refractivity contribution in [2.75, 3.05) is 19.6 Å². The first-order valence-electron chi connectivity index (χ1n) is 6.68. The Bertz CT molecular complexity index is 201. The third-order valence-electron chi connectivity index (χ3n) is 4.00. The van der Waals surface area contributed by atoms with Crippen LogP contribution in [0.1, 0.15) is 40.0 Å².